The summed E-state index contributed by atoms with van der Waals surface area (Å²) < 4.78 is 1.90. The van der Waals surface area contributed by atoms with Crippen LogP contribution in [0.25, 0.3) is 5.69 Å². The molecule has 3 aromatic rings. The van der Waals surface area contributed by atoms with Crippen molar-refractivity contribution in [1.29, 1.82) is 0 Å². The number of thioether (sulfide) groups is 1. The lowest BCUT2D eigenvalue weighted by atomic mass is 9.86. The molecule has 2 amide bonds. The van der Waals surface area contributed by atoms with Crippen LogP contribution in [0.4, 0.5) is 0 Å². The standard InChI is InChI=1S/C26H31N5O2S/c1-18-9-8-11-20(15-18)25(33)27-16-23-29-30-26(31(23)21-12-4-3-5-13-21)34-17-24(32)28-22-14-7-6-10-19(22)2/h3-5,8-9,11-13,15,19,22H,6-7,10,14,16-17H2,1-2H3,(H,27,33)(H,28,32). The molecule has 0 spiro atoms. The van der Waals surface area contributed by atoms with Crippen LogP contribution in [0.1, 0.15) is 54.4 Å². The van der Waals surface area contributed by atoms with Gasteiger partial charge in [-0.1, -0.05) is 67.4 Å². The van der Waals surface area contributed by atoms with Gasteiger partial charge in [-0.3, -0.25) is 14.2 Å². The van der Waals surface area contributed by atoms with E-state index in [1.54, 1.807) is 6.07 Å². The van der Waals surface area contributed by atoms with E-state index < -0.39 is 0 Å². The molecule has 2 unspecified atom stereocenters. The van der Waals surface area contributed by atoms with Gasteiger partial charge in [0, 0.05) is 17.3 Å². The minimum atomic E-state index is -0.165. The van der Waals surface area contributed by atoms with Crippen LogP contribution in [-0.2, 0) is 11.3 Å². The Balaban J connectivity index is 1.45. The van der Waals surface area contributed by atoms with E-state index in [-0.39, 0.29) is 30.2 Å². The first-order valence-corrected chi connectivity index (χ1v) is 12.8. The summed E-state index contributed by atoms with van der Waals surface area (Å²) in [5.41, 5.74) is 2.52. The Morgan fingerprint density at radius 3 is 2.62 bits per heavy atom. The van der Waals surface area contributed by atoms with E-state index in [9.17, 15) is 9.59 Å². The number of hydrogen-bond donors (Lipinski definition) is 2. The van der Waals surface area contributed by atoms with Crippen molar-refractivity contribution >= 4 is 23.6 Å². The molecule has 1 aromatic heterocycles. The van der Waals surface area contributed by atoms with Gasteiger partial charge in [0.1, 0.15) is 0 Å². The van der Waals surface area contributed by atoms with Gasteiger partial charge in [0.25, 0.3) is 5.91 Å². The highest BCUT2D eigenvalue weighted by atomic mass is 32.2. The summed E-state index contributed by atoms with van der Waals surface area (Å²) in [4.78, 5) is 25.3. The van der Waals surface area contributed by atoms with Gasteiger partial charge in [-0.25, -0.2) is 0 Å². The van der Waals surface area contributed by atoms with Gasteiger partial charge in [0.05, 0.1) is 12.3 Å². The van der Waals surface area contributed by atoms with Crippen LogP contribution >= 0.6 is 11.8 Å². The first-order chi connectivity index (χ1) is 16.5. The minimum Gasteiger partial charge on any atom is -0.352 e. The molecule has 1 saturated carbocycles. The van der Waals surface area contributed by atoms with E-state index >= 15 is 0 Å². The summed E-state index contributed by atoms with van der Waals surface area (Å²) >= 11 is 1.36. The molecule has 8 heteroatoms. The van der Waals surface area contributed by atoms with Gasteiger partial charge in [0.15, 0.2) is 11.0 Å². The summed E-state index contributed by atoms with van der Waals surface area (Å²) in [7, 11) is 0. The average molecular weight is 478 g/mol. The van der Waals surface area contributed by atoms with Crippen molar-refractivity contribution < 1.29 is 9.59 Å². The Hall–Kier alpha value is -3.13. The summed E-state index contributed by atoms with van der Waals surface area (Å²) in [6.45, 7) is 4.39. The molecule has 2 aromatic carbocycles. The average Bonchev–Trinajstić information content (AvgIpc) is 3.26. The summed E-state index contributed by atoms with van der Waals surface area (Å²) in [5.74, 6) is 1.24. The monoisotopic (exact) mass is 477 g/mol. The second-order valence-corrected chi connectivity index (χ2v) is 9.79. The first kappa shape index (κ1) is 24.0. The Morgan fingerprint density at radius 2 is 1.85 bits per heavy atom. The number of carbonyl (C=O) groups excluding carboxylic acids is 2. The van der Waals surface area contributed by atoms with Crippen LogP contribution in [0.15, 0.2) is 59.8 Å². The van der Waals surface area contributed by atoms with Crippen molar-refractivity contribution in [2.24, 2.45) is 5.92 Å². The van der Waals surface area contributed by atoms with Gasteiger partial charge in [-0.15, -0.1) is 10.2 Å². The lowest BCUT2D eigenvalue weighted by Crippen LogP contribution is -2.41. The Morgan fingerprint density at radius 1 is 1.06 bits per heavy atom. The highest BCUT2D eigenvalue weighted by Crippen LogP contribution is 2.25. The van der Waals surface area contributed by atoms with Crippen molar-refractivity contribution in [3.8, 4) is 5.69 Å². The van der Waals surface area contributed by atoms with Crippen molar-refractivity contribution in [1.82, 2.24) is 25.4 Å². The largest absolute Gasteiger partial charge is 0.352 e. The van der Waals surface area contributed by atoms with Crippen LogP contribution in [0.5, 0.6) is 0 Å². The van der Waals surface area contributed by atoms with Crippen molar-refractivity contribution in [3.63, 3.8) is 0 Å². The lowest BCUT2D eigenvalue weighted by Gasteiger charge is -2.29. The molecular weight excluding hydrogens is 446 g/mol. The van der Waals surface area contributed by atoms with E-state index in [0.29, 0.717) is 22.5 Å². The second kappa shape index (κ2) is 11.3. The van der Waals surface area contributed by atoms with E-state index in [1.807, 2.05) is 60.0 Å². The van der Waals surface area contributed by atoms with Gasteiger partial charge < -0.3 is 10.6 Å². The first-order valence-electron chi connectivity index (χ1n) is 11.8. The van der Waals surface area contributed by atoms with E-state index in [2.05, 4.69) is 27.8 Å². The molecule has 1 fully saturated rings. The van der Waals surface area contributed by atoms with Crippen LogP contribution in [0.3, 0.4) is 0 Å². The predicted octanol–water partition coefficient (Wildman–Crippen LogP) is 4.29. The maximum atomic E-state index is 12.6. The van der Waals surface area contributed by atoms with Gasteiger partial charge >= 0.3 is 0 Å². The topological polar surface area (TPSA) is 88.9 Å². The second-order valence-electron chi connectivity index (χ2n) is 8.85. The lowest BCUT2D eigenvalue weighted by molar-refractivity contribution is -0.119. The maximum absolute atomic E-state index is 12.6. The van der Waals surface area contributed by atoms with Gasteiger partial charge in [-0.2, -0.15) is 0 Å². The van der Waals surface area contributed by atoms with Crippen molar-refractivity contribution in [3.05, 3.63) is 71.5 Å². The number of aryl methyl sites for hydroxylation is 1. The van der Waals surface area contributed by atoms with Crippen LogP contribution in [0.2, 0.25) is 0 Å². The summed E-state index contributed by atoms with van der Waals surface area (Å²) in [5, 5.41) is 15.4. The van der Waals surface area contributed by atoms with Crippen molar-refractivity contribution in [2.45, 2.75) is 57.3 Å². The normalized spacial score (nSPS) is 17.8. The molecule has 178 valence electrons. The SMILES string of the molecule is Cc1cccc(C(=O)NCc2nnc(SCC(=O)NC3CCCCC3C)n2-c2ccccc2)c1. The molecule has 0 saturated heterocycles. The third-order valence-corrected chi connectivity index (χ3v) is 7.12. The number of benzene rings is 2. The number of para-hydroxylation sites is 1. The zero-order chi connectivity index (χ0) is 23.9. The molecule has 34 heavy (non-hydrogen) atoms. The minimum absolute atomic E-state index is 0.0145. The third kappa shape index (κ3) is 6.05. The molecule has 2 N–H and O–H groups in total. The van der Waals surface area contributed by atoms with E-state index in [0.717, 1.165) is 24.1 Å². The third-order valence-electron chi connectivity index (χ3n) is 6.19. The number of amides is 2. The van der Waals surface area contributed by atoms with Crippen LogP contribution < -0.4 is 10.6 Å². The fourth-order valence-corrected chi connectivity index (χ4v) is 5.08. The molecule has 0 bridgehead atoms. The summed E-state index contributed by atoms with van der Waals surface area (Å²) in [6.07, 6.45) is 4.62. The van der Waals surface area contributed by atoms with Crippen molar-refractivity contribution in [2.75, 3.05) is 5.75 Å². The van der Waals surface area contributed by atoms with E-state index in [1.165, 1.54) is 24.6 Å². The predicted molar refractivity (Wildman–Crippen MR) is 134 cm³/mol. The number of aromatic nitrogens is 3. The van der Waals surface area contributed by atoms with Gasteiger partial charge in [-0.05, 0) is 49.9 Å². The van der Waals surface area contributed by atoms with Crippen LogP contribution in [-0.4, -0.2) is 38.4 Å². The molecule has 1 aliphatic rings. The number of carbonyl (C=O) groups is 2. The highest BCUT2D eigenvalue weighted by molar-refractivity contribution is 7.99. The molecule has 0 aliphatic heterocycles. The number of nitrogens with zero attached hydrogens (tertiary/aromatic N) is 3. The zero-order valence-electron chi connectivity index (χ0n) is 19.7. The molecule has 2 atom stereocenters. The molecule has 1 aliphatic carbocycles. The molecule has 1 heterocycles. The fraction of sp³-hybridized carbons (Fsp3) is 0.385. The number of nitrogens with one attached hydrogen (secondary N) is 2. The smallest absolute Gasteiger partial charge is 0.251 e. The van der Waals surface area contributed by atoms with E-state index in [4.69, 9.17) is 0 Å². The fourth-order valence-electron chi connectivity index (χ4n) is 4.30. The zero-order valence-corrected chi connectivity index (χ0v) is 20.5. The molecule has 4 rings (SSSR count). The quantitative estimate of drug-likeness (QED) is 0.473. The Bertz CT molecular complexity index is 1130. The number of rotatable bonds is 8. The highest BCUT2D eigenvalue weighted by Gasteiger charge is 2.23. The molecule has 0 radical (unpaired) electrons. The Labute approximate surface area is 204 Å². The van der Waals surface area contributed by atoms with Gasteiger partial charge in [0.2, 0.25) is 5.91 Å². The van der Waals surface area contributed by atoms with Crippen LogP contribution in [0, 0.1) is 12.8 Å². The molecular formula is C26H31N5O2S. The summed E-state index contributed by atoms with van der Waals surface area (Å²) in [6, 6.07) is 17.5. The molecule has 7 nitrogen and oxygen atoms in total. The number of hydrogen-bond acceptors (Lipinski definition) is 5. The maximum Gasteiger partial charge on any atom is 0.251 e. The Kier molecular flexibility index (Phi) is 8.00.